The lowest BCUT2D eigenvalue weighted by atomic mass is 10.1. The Bertz CT molecular complexity index is 304. The summed E-state index contributed by atoms with van der Waals surface area (Å²) in [6.45, 7) is 2.05. The Hall–Kier alpha value is -1.00. The highest BCUT2D eigenvalue weighted by Crippen LogP contribution is 2.17. The summed E-state index contributed by atoms with van der Waals surface area (Å²) in [7, 11) is 0. The Balaban J connectivity index is 2.77. The first-order chi connectivity index (χ1) is 6.65. The fraction of sp³-hybridized carbons (Fsp3) is 0.400. The predicted octanol–water partition coefficient (Wildman–Crippen LogP) is 1.61. The zero-order valence-electron chi connectivity index (χ0n) is 7.93. The maximum atomic E-state index is 13.2. The number of hydrogen-bond acceptors (Lipinski definition) is 2. The summed E-state index contributed by atoms with van der Waals surface area (Å²) in [5.74, 6) is -0.900. The summed E-state index contributed by atoms with van der Waals surface area (Å²) in [4.78, 5) is 0. The van der Waals surface area contributed by atoms with E-state index in [0.717, 1.165) is 18.2 Å². The summed E-state index contributed by atoms with van der Waals surface area (Å²) in [5.41, 5.74) is 0.276. The zero-order valence-corrected chi connectivity index (χ0v) is 7.93. The summed E-state index contributed by atoms with van der Waals surface area (Å²) in [6.07, 6.45) is 0. The van der Waals surface area contributed by atoms with Crippen LogP contribution in [-0.2, 0) is 0 Å². The summed E-state index contributed by atoms with van der Waals surface area (Å²) in [5, 5.41) is 11.4. The summed E-state index contributed by atoms with van der Waals surface area (Å²) in [6, 6.07) is 3.03. The Labute approximate surface area is 81.6 Å². The van der Waals surface area contributed by atoms with E-state index < -0.39 is 11.6 Å². The first-order valence-electron chi connectivity index (χ1n) is 4.44. The summed E-state index contributed by atoms with van der Waals surface area (Å²) < 4.78 is 26.0. The van der Waals surface area contributed by atoms with Gasteiger partial charge in [-0.25, -0.2) is 8.78 Å². The van der Waals surface area contributed by atoms with Crippen LogP contribution in [0.2, 0.25) is 0 Å². The first kappa shape index (κ1) is 11.1. The minimum atomic E-state index is -0.459. The second kappa shape index (κ2) is 5.02. The van der Waals surface area contributed by atoms with Crippen LogP contribution in [0.15, 0.2) is 18.2 Å². The van der Waals surface area contributed by atoms with Crippen LogP contribution in [0.25, 0.3) is 0 Å². The van der Waals surface area contributed by atoms with Gasteiger partial charge in [0, 0.05) is 18.2 Å². The van der Waals surface area contributed by atoms with E-state index in [9.17, 15) is 8.78 Å². The van der Waals surface area contributed by atoms with E-state index in [1.165, 1.54) is 0 Å². The van der Waals surface area contributed by atoms with Crippen LogP contribution in [0.1, 0.15) is 18.5 Å². The van der Waals surface area contributed by atoms with Gasteiger partial charge in [-0.05, 0) is 25.1 Å². The van der Waals surface area contributed by atoms with Crippen molar-refractivity contribution in [2.75, 3.05) is 13.2 Å². The van der Waals surface area contributed by atoms with Crippen LogP contribution >= 0.6 is 0 Å². The SMILES string of the molecule is CC(NCCO)c1cc(F)ccc1F. The molecule has 14 heavy (non-hydrogen) atoms. The van der Waals surface area contributed by atoms with Gasteiger partial charge in [0.25, 0.3) is 0 Å². The molecule has 78 valence electrons. The Morgan fingerprint density at radius 1 is 1.43 bits per heavy atom. The molecule has 0 heterocycles. The van der Waals surface area contributed by atoms with E-state index in [4.69, 9.17) is 5.11 Å². The third-order valence-electron chi connectivity index (χ3n) is 1.99. The summed E-state index contributed by atoms with van der Waals surface area (Å²) >= 11 is 0. The number of nitrogens with one attached hydrogen (secondary N) is 1. The average molecular weight is 201 g/mol. The van der Waals surface area contributed by atoms with E-state index in [2.05, 4.69) is 5.32 Å². The van der Waals surface area contributed by atoms with Gasteiger partial charge in [0.2, 0.25) is 0 Å². The lowest BCUT2D eigenvalue weighted by Gasteiger charge is -2.13. The number of aliphatic hydroxyl groups excluding tert-OH is 1. The Morgan fingerprint density at radius 3 is 2.79 bits per heavy atom. The number of rotatable bonds is 4. The van der Waals surface area contributed by atoms with Crippen molar-refractivity contribution in [2.45, 2.75) is 13.0 Å². The third kappa shape index (κ3) is 2.75. The molecule has 1 aromatic rings. The molecule has 0 bridgehead atoms. The van der Waals surface area contributed by atoms with E-state index in [1.807, 2.05) is 0 Å². The molecule has 1 atom stereocenters. The van der Waals surface area contributed by atoms with Crippen LogP contribution in [0.3, 0.4) is 0 Å². The highest BCUT2D eigenvalue weighted by molar-refractivity contribution is 5.21. The van der Waals surface area contributed by atoms with E-state index in [1.54, 1.807) is 6.92 Å². The largest absolute Gasteiger partial charge is 0.395 e. The fourth-order valence-corrected chi connectivity index (χ4v) is 1.24. The standard InChI is InChI=1S/C10H13F2NO/c1-7(13-4-5-14)9-6-8(11)2-3-10(9)12/h2-3,6-7,13-14H,4-5H2,1H3. The van der Waals surface area contributed by atoms with Crippen molar-refractivity contribution in [3.63, 3.8) is 0 Å². The van der Waals surface area contributed by atoms with Crippen molar-refractivity contribution in [1.29, 1.82) is 0 Å². The second-order valence-corrected chi connectivity index (χ2v) is 3.07. The lowest BCUT2D eigenvalue weighted by molar-refractivity contribution is 0.285. The molecular weight excluding hydrogens is 188 g/mol. The van der Waals surface area contributed by atoms with Crippen molar-refractivity contribution in [1.82, 2.24) is 5.32 Å². The van der Waals surface area contributed by atoms with Crippen molar-refractivity contribution in [3.05, 3.63) is 35.4 Å². The van der Waals surface area contributed by atoms with Gasteiger partial charge < -0.3 is 10.4 Å². The van der Waals surface area contributed by atoms with Gasteiger partial charge in [0.05, 0.1) is 6.61 Å². The molecule has 0 amide bonds. The van der Waals surface area contributed by atoms with Crippen LogP contribution in [-0.4, -0.2) is 18.3 Å². The molecule has 1 unspecified atom stereocenters. The molecule has 2 nitrogen and oxygen atoms in total. The smallest absolute Gasteiger partial charge is 0.128 e. The van der Waals surface area contributed by atoms with Gasteiger partial charge >= 0.3 is 0 Å². The third-order valence-corrected chi connectivity index (χ3v) is 1.99. The molecule has 0 spiro atoms. The van der Waals surface area contributed by atoms with Crippen molar-refractivity contribution in [2.24, 2.45) is 0 Å². The second-order valence-electron chi connectivity index (χ2n) is 3.07. The molecule has 1 aromatic carbocycles. The van der Waals surface area contributed by atoms with Crippen LogP contribution in [0.5, 0.6) is 0 Å². The normalized spacial score (nSPS) is 12.9. The molecule has 0 saturated heterocycles. The van der Waals surface area contributed by atoms with E-state index in [0.29, 0.717) is 6.54 Å². The van der Waals surface area contributed by atoms with Crippen molar-refractivity contribution in [3.8, 4) is 0 Å². The number of hydrogen-bond donors (Lipinski definition) is 2. The van der Waals surface area contributed by atoms with Gasteiger partial charge in [-0.3, -0.25) is 0 Å². The molecule has 0 saturated carbocycles. The van der Waals surface area contributed by atoms with Gasteiger partial charge in [-0.2, -0.15) is 0 Å². The van der Waals surface area contributed by atoms with Gasteiger partial charge in [0.1, 0.15) is 11.6 Å². The van der Waals surface area contributed by atoms with Gasteiger partial charge in [0.15, 0.2) is 0 Å². The molecule has 1 rings (SSSR count). The number of halogens is 2. The monoisotopic (exact) mass is 201 g/mol. The Morgan fingerprint density at radius 2 is 2.14 bits per heavy atom. The number of benzene rings is 1. The van der Waals surface area contributed by atoms with E-state index in [-0.39, 0.29) is 18.2 Å². The minimum Gasteiger partial charge on any atom is -0.395 e. The van der Waals surface area contributed by atoms with Crippen LogP contribution in [0, 0.1) is 11.6 Å². The molecule has 0 fully saturated rings. The van der Waals surface area contributed by atoms with Crippen LogP contribution < -0.4 is 5.32 Å². The van der Waals surface area contributed by atoms with Crippen molar-refractivity contribution < 1.29 is 13.9 Å². The molecule has 2 N–H and O–H groups in total. The molecule has 0 radical (unpaired) electrons. The lowest BCUT2D eigenvalue weighted by Crippen LogP contribution is -2.23. The molecule has 0 aromatic heterocycles. The highest BCUT2D eigenvalue weighted by Gasteiger charge is 2.10. The number of aliphatic hydroxyl groups is 1. The molecule has 0 aliphatic rings. The van der Waals surface area contributed by atoms with E-state index >= 15 is 0 Å². The maximum Gasteiger partial charge on any atom is 0.128 e. The minimum absolute atomic E-state index is 0.0265. The molecular formula is C10H13F2NO. The van der Waals surface area contributed by atoms with Crippen molar-refractivity contribution >= 4 is 0 Å². The van der Waals surface area contributed by atoms with Gasteiger partial charge in [-0.15, -0.1) is 0 Å². The first-order valence-corrected chi connectivity index (χ1v) is 4.44. The quantitative estimate of drug-likeness (QED) is 0.775. The molecule has 4 heteroatoms. The fourth-order valence-electron chi connectivity index (χ4n) is 1.24. The molecule has 0 aliphatic carbocycles. The van der Waals surface area contributed by atoms with Crippen LogP contribution in [0.4, 0.5) is 8.78 Å². The van der Waals surface area contributed by atoms with Gasteiger partial charge in [-0.1, -0.05) is 0 Å². The zero-order chi connectivity index (χ0) is 10.6. The topological polar surface area (TPSA) is 32.3 Å². The predicted molar refractivity (Wildman–Crippen MR) is 49.9 cm³/mol. The molecule has 0 aliphatic heterocycles. The maximum absolute atomic E-state index is 13.2. The Kier molecular flexibility index (Phi) is 3.98. The highest BCUT2D eigenvalue weighted by atomic mass is 19.1. The average Bonchev–Trinajstić information content (AvgIpc) is 2.18.